The van der Waals surface area contributed by atoms with E-state index in [1.807, 2.05) is 6.07 Å². The van der Waals surface area contributed by atoms with Crippen molar-refractivity contribution < 1.29 is 14.3 Å². The van der Waals surface area contributed by atoms with E-state index >= 15 is 0 Å². The number of anilines is 1. The summed E-state index contributed by atoms with van der Waals surface area (Å²) in [6.07, 6.45) is 0. The van der Waals surface area contributed by atoms with Gasteiger partial charge in [-0.3, -0.25) is 9.52 Å². The molecular weight excluding hydrogens is 266 g/mol. The first kappa shape index (κ1) is 14.9. The number of carbonyl (C=O) groups excluding carboxylic acids is 2. The molecule has 19 heavy (non-hydrogen) atoms. The van der Waals surface area contributed by atoms with E-state index in [1.54, 1.807) is 13.8 Å². The van der Waals surface area contributed by atoms with Crippen LogP contribution in [0.4, 0.5) is 5.69 Å². The molecule has 6 nitrogen and oxygen atoms in total. The maximum absolute atomic E-state index is 11.8. The van der Waals surface area contributed by atoms with Gasteiger partial charge in [0.15, 0.2) is 0 Å². The molecule has 0 bridgehead atoms. The number of nitrogen functional groups attached to an aromatic ring is 1. The molecule has 1 rings (SSSR count). The van der Waals surface area contributed by atoms with Crippen LogP contribution >= 0.6 is 12.8 Å². The fraction of sp³-hybridized carbons (Fsp3) is 0.250. The van der Waals surface area contributed by atoms with Crippen LogP contribution in [-0.2, 0) is 4.74 Å². The third-order valence-electron chi connectivity index (χ3n) is 2.57. The van der Waals surface area contributed by atoms with Gasteiger partial charge < -0.3 is 10.5 Å². The lowest BCUT2D eigenvalue weighted by atomic mass is 9.96. The average Bonchev–Trinajstić information content (AvgIpc) is 2.39. The highest BCUT2D eigenvalue weighted by Gasteiger charge is 2.22. The van der Waals surface area contributed by atoms with E-state index in [4.69, 9.17) is 15.7 Å². The van der Waals surface area contributed by atoms with Crippen LogP contribution in [0.3, 0.4) is 0 Å². The van der Waals surface area contributed by atoms with Crippen molar-refractivity contribution in [2.24, 2.45) is 0 Å². The third-order valence-corrected chi connectivity index (χ3v) is 2.77. The van der Waals surface area contributed by atoms with Gasteiger partial charge in [0.05, 0.1) is 29.0 Å². The van der Waals surface area contributed by atoms with Crippen LogP contribution in [0.15, 0.2) is 6.07 Å². The van der Waals surface area contributed by atoms with E-state index in [9.17, 15) is 9.59 Å². The van der Waals surface area contributed by atoms with Crippen LogP contribution in [0.1, 0.15) is 38.8 Å². The van der Waals surface area contributed by atoms with Gasteiger partial charge in [0.2, 0.25) is 0 Å². The Hall–Kier alpha value is -2.20. The number of nitriles is 1. The van der Waals surface area contributed by atoms with Crippen LogP contribution in [0.25, 0.3) is 0 Å². The predicted octanol–water partition coefficient (Wildman–Crippen LogP) is 1.20. The molecule has 100 valence electrons. The first-order valence-electron chi connectivity index (χ1n) is 5.42. The quantitative estimate of drug-likeness (QED) is 0.438. The predicted molar refractivity (Wildman–Crippen MR) is 72.7 cm³/mol. The average molecular weight is 279 g/mol. The molecule has 0 aromatic heterocycles. The van der Waals surface area contributed by atoms with E-state index < -0.39 is 11.9 Å². The molecule has 0 unspecified atom stereocenters. The zero-order valence-electron chi connectivity index (χ0n) is 10.5. The summed E-state index contributed by atoms with van der Waals surface area (Å²) in [5, 5.41) is 8.99. The van der Waals surface area contributed by atoms with Gasteiger partial charge in [-0.15, -0.1) is 0 Å². The number of nitrogens with zero attached hydrogens (tertiary/aromatic N) is 1. The molecule has 0 radical (unpaired) electrons. The van der Waals surface area contributed by atoms with Crippen molar-refractivity contribution in [1.82, 2.24) is 4.72 Å². The van der Waals surface area contributed by atoms with E-state index in [0.717, 1.165) is 0 Å². The highest BCUT2D eigenvalue weighted by atomic mass is 32.1. The van der Waals surface area contributed by atoms with E-state index in [0.29, 0.717) is 5.56 Å². The molecule has 7 heteroatoms. The number of rotatable bonds is 3. The molecule has 0 spiro atoms. The lowest BCUT2D eigenvalue weighted by Gasteiger charge is -2.13. The number of nitrogens with two attached hydrogens (primary N) is 1. The maximum Gasteiger partial charge on any atom is 0.338 e. The number of carbonyl (C=O) groups is 2. The Labute approximate surface area is 116 Å². The second-order valence-corrected chi connectivity index (χ2v) is 3.88. The van der Waals surface area contributed by atoms with E-state index in [-0.39, 0.29) is 29.0 Å². The van der Waals surface area contributed by atoms with Crippen molar-refractivity contribution in [2.45, 2.75) is 13.8 Å². The molecule has 0 fully saturated rings. The van der Waals surface area contributed by atoms with Crippen molar-refractivity contribution >= 4 is 30.4 Å². The summed E-state index contributed by atoms with van der Waals surface area (Å²) in [6.45, 7) is 3.41. The molecule has 0 aliphatic carbocycles. The minimum absolute atomic E-state index is 0.0135. The molecule has 1 amide bonds. The number of benzene rings is 1. The summed E-state index contributed by atoms with van der Waals surface area (Å²) in [7, 11) is 0. The van der Waals surface area contributed by atoms with E-state index in [1.165, 1.54) is 6.07 Å². The van der Waals surface area contributed by atoms with Gasteiger partial charge in [-0.25, -0.2) is 4.79 Å². The van der Waals surface area contributed by atoms with E-state index in [2.05, 4.69) is 17.5 Å². The summed E-state index contributed by atoms with van der Waals surface area (Å²) < 4.78 is 7.00. The number of esters is 1. The minimum Gasteiger partial charge on any atom is -0.462 e. The standard InChI is InChI=1S/C12H13N3O3S/c1-3-18-12(17)8-4-7(5-13)10(14)9(6(8)2)11(16)15-19/h4,19H,3,14H2,1-2H3,(H,15,16). The van der Waals surface area contributed by atoms with Crippen LogP contribution < -0.4 is 10.5 Å². The van der Waals surface area contributed by atoms with Crippen molar-refractivity contribution in [3.05, 3.63) is 28.3 Å². The monoisotopic (exact) mass is 279 g/mol. The summed E-state index contributed by atoms with van der Waals surface area (Å²) >= 11 is 3.66. The van der Waals surface area contributed by atoms with Gasteiger partial charge in [-0.05, 0) is 25.5 Å². The Bertz CT molecular complexity index is 579. The molecule has 0 saturated heterocycles. The number of amides is 1. The maximum atomic E-state index is 11.8. The second-order valence-electron chi connectivity index (χ2n) is 3.66. The first-order chi connectivity index (χ1) is 8.97. The topological polar surface area (TPSA) is 105 Å². The largest absolute Gasteiger partial charge is 0.462 e. The highest BCUT2D eigenvalue weighted by Crippen LogP contribution is 2.25. The summed E-state index contributed by atoms with van der Waals surface area (Å²) in [6, 6.07) is 3.16. The molecular formula is C12H13N3O3S. The molecule has 1 aromatic carbocycles. The van der Waals surface area contributed by atoms with Crippen LogP contribution in [0, 0.1) is 18.3 Å². The lowest BCUT2D eigenvalue weighted by Crippen LogP contribution is -2.20. The highest BCUT2D eigenvalue weighted by molar-refractivity contribution is 7.78. The van der Waals surface area contributed by atoms with Gasteiger partial charge in [-0.2, -0.15) is 5.26 Å². The van der Waals surface area contributed by atoms with Gasteiger partial charge >= 0.3 is 5.97 Å². The summed E-state index contributed by atoms with van der Waals surface area (Å²) in [5.74, 6) is -1.19. The number of hydrogen-bond acceptors (Lipinski definition) is 6. The van der Waals surface area contributed by atoms with Crippen LogP contribution in [0.2, 0.25) is 0 Å². The Morgan fingerprint density at radius 2 is 2.21 bits per heavy atom. The Morgan fingerprint density at radius 1 is 1.58 bits per heavy atom. The zero-order valence-corrected chi connectivity index (χ0v) is 11.4. The normalized spacial score (nSPS) is 9.58. The van der Waals surface area contributed by atoms with Crippen molar-refractivity contribution in [3.63, 3.8) is 0 Å². The number of thiol groups is 1. The van der Waals surface area contributed by atoms with Gasteiger partial charge in [-0.1, -0.05) is 12.8 Å². The second kappa shape index (κ2) is 6.11. The Kier molecular flexibility index (Phi) is 4.78. The minimum atomic E-state index is -0.607. The van der Waals surface area contributed by atoms with Crippen LogP contribution in [-0.4, -0.2) is 18.5 Å². The number of hydrogen-bond donors (Lipinski definition) is 3. The number of ether oxygens (including phenoxy) is 1. The molecule has 0 aliphatic heterocycles. The lowest BCUT2D eigenvalue weighted by molar-refractivity contribution is 0.0525. The molecule has 0 atom stereocenters. The van der Waals surface area contributed by atoms with Crippen molar-refractivity contribution in [1.29, 1.82) is 5.26 Å². The van der Waals surface area contributed by atoms with Crippen LogP contribution in [0.5, 0.6) is 0 Å². The molecule has 0 aliphatic rings. The molecule has 1 aromatic rings. The fourth-order valence-corrected chi connectivity index (χ4v) is 1.78. The van der Waals surface area contributed by atoms with Gasteiger partial charge in [0.25, 0.3) is 5.91 Å². The molecule has 0 saturated carbocycles. The van der Waals surface area contributed by atoms with Crippen molar-refractivity contribution in [3.8, 4) is 6.07 Å². The SMILES string of the molecule is CCOC(=O)c1cc(C#N)c(N)c(C(=O)NS)c1C. The fourth-order valence-electron chi connectivity index (χ4n) is 1.66. The summed E-state index contributed by atoms with van der Waals surface area (Å²) in [4.78, 5) is 23.5. The Balaban J connectivity index is 3.56. The van der Waals surface area contributed by atoms with Gasteiger partial charge in [0, 0.05) is 0 Å². The Morgan fingerprint density at radius 3 is 2.68 bits per heavy atom. The zero-order chi connectivity index (χ0) is 14.6. The first-order valence-corrected chi connectivity index (χ1v) is 5.87. The third kappa shape index (κ3) is 2.80. The number of nitrogens with one attached hydrogen (secondary N) is 1. The van der Waals surface area contributed by atoms with Crippen molar-refractivity contribution in [2.75, 3.05) is 12.3 Å². The van der Waals surface area contributed by atoms with Gasteiger partial charge in [0.1, 0.15) is 6.07 Å². The molecule has 3 N–H and O–H groups in total. The summed E-state index contributed by atoms with van der Waals surface area (Å²) in [5.41, 5.74) is 6.34. The smallest absolute Gasteiger partial charge is 0.338 e. The molecule has 0 heterocycles.